The van der Waals surface area contributed by atoms with Crippen molar-refractivity contribution in [2.75, 3.05) is 6.54 Å². The molecule has 0 saturated heterocycles. The molecular formula is C12H17NO. The summed E-state index contributed by atoms with van der Waals surface area (Å²) in [6.45, 7) is 2.52. The molecule has 1 aromatic carbocycles. The summed E-state index contributed by atoms with van der Waals surface area (Å²) in [7, 11) is 0. The lowest BCUT2D eigenvalue weighted by Crippen LogP contribution is -2.19. The number of benzene rings is 1. The van der Waals surface area contributed by atoms with Gasteiger partial charge in [-0.25, -0.2) is 0 Å². The van der Waals surface area contributed by atoms with Crippen LogP contribution in [0.4, 0.5) is 0 Å². The normalized spacial score (nSPS) is 20.5. The SMILES string of the molecule is CC(O)c1ccc(C2(CN)CC2)cc1. The van der Waals surface area contributed by atoms with Gasteiger partial charge in [0.1, 0.15) is 0 Å². The van der Waals surface area contributed by atoms with Crippen LogP contribution in [0, 0.1) is 0 Å². The van der Waals surface area contributed by atoms with Crippen molar-refractivity contribution in [1.29, 1.82) is 0 Å². The van der Waals surface area contributed by atoms with Gasteiger partial charge in [-0.3, -0.25) is 0 Å². The van der Waals surface area contributed by atoms with Crippen molar-refractivity contribution in [3.63, 3.8) is 0 Å². The Morgan fingerprint density at radius 2 is 1.93 bits per heavy atom. The molecule has 2 nitrogen and oxygen atoms in total. The fraction of sp³-hybridized carbons (Fsp3) is 0.500. The van der Waals surface area contributed by atoms with E-state index < -0.39 is 0 Å². The van der Waals surface area contributed by atoms with Crippen LogP contribution in [0.2, 0.25) is 0 Å². The molecule has 0 radical (unpaired) electrons. The Bertz CT molecular complexity index is 312. The van der Waals surface area contributed by atoms with Crippen LogP contribution in [-0.4, -0.2) is 11.7 Å². The van der Waals surface area contributed by atoms with Gasteiger partial charge in [-0.15, -0.1) is 0 Å². The highest BCUT2D eigenvalue weighted by atomic mass is 16.3. The Labute approximate surface area is 84.7 Å². The summed E-state index contributed by atoms with van der Waals surface area (Å²) in [5.74, 6) is 0. The second-order valence-electron chi connectivity index (χ2n) is 4.28. The molecule has 1 fully saturated rings. The second-order valence-corrected chi connectivity index (χ2v) is 4.28. The van der Waals surface area contributed by atoms with Gasteiger partial charge in [0.25, 0.3) is 0 Å². The molecule has 0 heterocycles. The summed E-state index contributed by atoms with van der Waals surface area (Å²) < 4.78 is 0. The van der Waals surface area contributed by atoms with Crippen LogP contribution >= 0.6 is 0 Å². The first-order valence-corrected chi connectivity index (χ1v) is 5.16. The Kier molecular flexibility index (Phi) is 2.33. The third-order valence-corrected chi connectivity index (χ3v) is 3.25. The highest BCUT2D eigenvalue weighted by molar-refractivity contribution is 5.34. The zero-order valence-corrected chi connectivity index (χ0v) is 8.53. The maximum absolute atomic E-state index is 9.37. The average molecular weight is 191 g/mol. The van der Waals surface area contributed by atoms with Crippen LogP contribution in [0.25, 0.3) is 0 Å². The molecule has 0 amide bonds. The van der Waals surface area contributed by atoms with Gasteiger partial charge in [0.05, 0.1) is 6.10 Å². The van der Waals surface area contributed by atoms with Crippen LogP contribution in [0.5, 0.6) is 0 Å². The van der Waals surface area contributed by atoms with Crippen LogP contribution in [-0.2, 0) is 5.41 Å². The van der Waals surface area contributed by atoms with Gasteiger partial charge in [-0.05, 0) is 30.9 Å². The summed E-state index contributed by atoms with van der Waals surface area (Å²) in [5, 5.41) is 9.37. The summed E-state index contributed by atoms with van der Waals surface area (Å²) >= 11 is 0. The molecule has 14 heavy (non-hydrogen) atoms. The highest BCUT2D eigenvalue weighted by Gasteiger charge is 2.42. The topological polar surface area (TPSA) is 46.2 Å². The Hall–Kier alpha value is -0.860. The van der Waals surface area contributed by atoms with E-state index in [1.54, 1.807) is 6.92 Å². The summed E-state index contributed by atoms with van der Waals surface area (Å²) in [4.78, 5) is 0. The minimum atomic E-state index is -0.378. The van der Waals surface area contributed by atoms with Crippen molar-refractivity contribution in [1.82, 2.24) is 0 Å². The first kappa shape index (κ1) is 9.69. The molecule has 1 atom stereocenters. The fourth-order valence-electron chi connectivity index (χ4n) is 1.88. The third-order valence-electron chi connectivity index (χ3n) is 3.25. The van der Waals surface area contributed by atoms with Crippen LogP contribution < -0.4 is 5.73 Å². The van der Waals surface area contributed by atoms with Gasteiger partial charge >= 0.3 is 0 Å². The number of hydrogen-bond acceptors (Lipinski definition) is 2. The molecule has 0 aliphatic heterocycles. The molecule has 1 unspecified atom stereocenters. The Morgan fingerprint density at radius 1 is 1.36 bits per heavy atom. The molecule has 3 N–H and O–H groups in total. The fourth-order valence-corrected chi connectivity index (χ4v) is 1.88. The molecule has 1 aromatic rings. The molecule has 1 aliphatic carbocycles. The lowest BCUT2D eigenvalue weighted by Gasteiger charge is -2.13. The lowest BCUT2D eigenvalue weighted by molar-refractivity contribution is 0.199. The third kappa shape index (κ3) is 1.56. The average Bonchev–Trinajstić information content (AvgIpc) is 2.99. The zero-order valence-electron chi connectivity index (χ0n) is 8.53. The van der Waals surface area contributed by atoms with E-state index in [-0.39, 0.29) is 11.5 Å². The number of aliphatic hydroxyl groups is 1. The van der Waals surface area contributed by atoms with Crippen molar-refractivity contribution >= 4 is 0 Å². The van der Waals surface area contributed by atoms with E-state index >= 15 is 0 Å². The minimum absolute atomic E-state index is 0.261. The molecular weight excluding hydrogens is 174 g/mol. The van der Waals surface area contributed by atoms with Crippen LogP contribution in [0.1, 0.15) is 37.0 Å². The Balaban J connectivity index is 2.22. The van der Waals surface area contributed by atoms with Crippen molar-refractivity contribution < 1.29 is 5.11 Å². The van der Waals surface area contributed by atoms with Gasteiger partial charge in [-0.2, -0.15) is 0 Å². The van der Waals surface area contributed by atoms with E-state index in [1.165, 1.54) is 18.4 Å². The van der Waals surface area contributed by atoms with E-state index in [9.17, 15) is 5.11 Å². The van der Waals surface area contributed by atoms with Crippen molar-refractivity contribution in [2.24, 2.45) is 5.73 Å². The predicted molar refractivity (Wildman–Crippen MR) is 57.0 cm³/mol. The molecule has 1 saturated carbocycles. The van der Waals surface area contributed by atoms with E-state index in [1.807, 2.05) is 12.1 Å². The van der Waals surface area contributed by atoms with E-state index in [0.717, 1.165) is 12.1 Å². The largest absolute Gasteiger partial charge is 0.389 e. The number of rotatable bonds is 3. The quantitative estimate of drug-likeness (QED) is 0.764. The van der Waals surface area contributed by atoms with Crippen molar-refractivity contribution in [3.05, 3.63) is 35.4 Å². The molecule has 0 aromatic heterocycles. The molecule has 2 heteroatoms. The number of hydrogen-bond donors (Lipinski definition) is 2. The molecule has 1 aliphatic rings. The zero-order chi connectivity index (χ0) is 10.2. The monoisotopic (exact) mass is 191 g/mol. The lowest BCUT2D eigenvalue weighted by atomic mass is 9.94. The van der Waals surface area contributed by atoms with Crippen molar-refractivity contribution in [3.8, 4) is 0 Å². The van der Waals surface area contributed by atoms with Gasteiger partial charge in [0.2, 0.25) is 0 Å². The molecule has 2 rings (SSSR count). The van der Waals surface area contributed by atoms with Crippen LogP contribution in [0.15, 0.2) is 24.3 Å². The first-order valence-electron chi connectivity index (χ1n) is 5.16. The van der Waals surface area contributed by atoms with E-state index in [4.69, 9.17) is 5.73 Å². The maximum atomic E-state index is 9.37. The summed E-state index contributed by atoms with van der Waals surface area (Å²) in [5.41, 5.74) is 8.31. The first-order chi connectivity index (χ1) is 6.68. The Morgan fingerprint density at radius 3 is 2.29 bits per heavy atom. The standard InChI is InChI=1S/C12H17NO/c1-9(14)10-2-4-11(5-3-10)12(8-13)6-7-12/h2-5,9,14H,6-8,13H2,1H3. The summed E-state index contributed by atoms with van der Waals surface area (Å²) in [6, 6.07) is 8.19. The summed E-state index contributed by atoms with van der Waals surface area (Å²) in [6.07, 6.45) is 2.03. The van der Waals surface area contributed by atoms with E-state index in [0.29, 0.717) is 0 Å². The van der Waals surface area contributed by atoms with Crippen LogP contribution in [0.3, 0.4) is 0 Å². The highest BCUT2D eigenvalue weighted by Crippen LogP contribution is 2.47. The van der Waals surface area contributed by atoms with Gasteiger partial charge in [-0.1, -0.05) is 24.3 Å². The number of aliphatic hydroxyl groups excluding tert-OH is 1. The van der Waals surface area contributed by atoms with Gasteiger partial charge < -0.3 is 10.8 Å². The minimum Gasteiger partial charge on any atom is -0.389 e. The molecule has 0 bridgehead atoms. The predicted octanol–water partition coefficient (Wildman–Crippen LogP) is 1.73. The maximum Gasteiger partial charge on any atom is 0.0761 e. The molecule has 76 valence electrons. The van der Waals surface area contributed by atoms with E-state index in [2.05, 4.69) is 12.1 Å². The van der Waals surface area contributed by atoms with Gasteiger partial charge in [0.15, 0.2) is 0 Å². The molecule has 0 spiro atoms. The van der Waals surface area contributed by atoms with Gasteiger partial charge in [0, 0.05) is 12.0 Å². The smallest absolute Gasteiger partial charge is 0.0761 e. The van der Waals surface area contributed by atoms with Crippen molar-refractivity contribution in [2.45, 2.75) is 31.3 Å². The number of nitrogens with two attached hydrogens (primary N) is 1. The second kappa shape index (κ2) is 3.37.